The zero-order valence-corrected chi connectivity index (χ0v) is 20.6. The number of carbonyl (C=O) groups excluding carboxylic acids is 1. The third-order valence-corrected chi connectivity index (χ3v) is 6.79. The summed E-state index contributed by atoms with van der Waals surface area (Å²) in [6.07, 6.45) is 1.78. The van der Waals surface area contributed by atoms with Gasteiger partial charge in [-0.2, -0.15) is 0 Å². The number of benzene rings is 2. The Kier molecular flexibility index (Phi) is 7.18. The number of amides is 1. The molecule has 1 fully saturated rings. The number of hydrogen-bond donors (Lipinski definition) is 1. The van der Waals surface area contributed by atoms with Crippen LogP contribution in [0.3, 0.4) is 0 Å². The Labute approximate surface area is 200 Å². The lowest BCUT2D eigenvalue weighted by molar-refractivity contribution is -0.113. The summed E-state index contributed by atoms with van der Waals surface area (Å²) in [7, 11) is 0. The van der Waals surface area contributed by atoms with Crippen LogP contribution in [-0.4, -0.2) is 47.8 Å². The smallest absolute Gasteiger partial charge is 0.234 e. The SMILES string of the molecule is Cc1ccc(C)c(NC(=O)CSc2nccc(N3CCN(c4cc(C)ccc4C)CC3)n2)c1. The number of rotatable bonds is 6. The first-order chi connectivity index (χ1) is 15.9. The fourth-order valence-electron chi connectivity index (χ4n) is 4.00. The zero-order chi connectivity index (χ0) is 23.4. The van der Waals surface area contributed by atoms with E-state index in [0.717, 1.165) is 48.8 Å². The minimum Gasteiger partial charge on any atom is -0.368 e. The number of aryl methyl sites for hydroxylation is 4. The third-order valence-electron chi connectivity index (χ3n) is 5.93. The second kappa shape index (κ2) is 10.3. The van der Waals surface area contributed by atoms with Crippen LogP contribution in [0.2, 0.25) is 0 Å². The number of anilines is 3. The Morgan fingerprint density at radius 1 is 0.909 bits per heavy atom. The van der Waals surface area contributed by atoms with Crippen molar-refractivity contribution < 1.29 is 4.79 Å². The molecular formula is C26H31N5OS. The Morgan fingerprint density at radius 3 is 2.33 bits per heavy atom. The minimum atomic E-state index is -0.0511. The first-order valence-corrected chi connectivity index (χ1v) is 12.3. The average Bonchev–Trinajstić information content (AvgIpc) is 2.82. The van der Waals surface area contributed by atoms with Crippen molar-refractivity contribution in [3.05, 3.63) is 70.9 Å². The van der Waals surface area contributed by atoms with Crippen LogP contribution in [0.25, 0.3) is 0 Å². The molecular weight excluding hydrogens is 430 g/mol. The first-order valence-electron chi connectivity index (χ1n) is 11.3. The largest absolute Gasteiger partial charge is 0.368 e. The van der Waals surface area contributed by atoms with E-state index < -0.39 is 0 Å². The van der Waals surface area contributed by atoms with Gasteiger partial charge in [0.1, 0.15) is 5.82 Å². The second-order valence-corrected chi connectivity index (χ2v) is 9.56. The van der Waals surface area contributed by atoms with Crippen LogP contribution in [-0.2, 0) is 4.79 Å². The van der Waals surface area contributed by atoms with Gasteiger partial charge in [0.2, 0.25) is 5.91 Å². The molecule has 2 heterocycles. The highest BCUT2D eigenvalue weighted by atomic mass is 32.2. The van der Waals surface area contributed by atoms with Gasteiger partial charge < -0.3 is 15.1 Å². The van der Waals surface area contributed by atoms with E-state index in [0.29, 0.717) is 5.16 Å². The summed E-state index contributed by atoms with van der Waals surface area (Å²) in [5.74, 6) is 1.14. The predicted molar refractivity (Wildman–Crippen MR) is 138 cm³/mol. The first kappa shape index (κ1) is 23.1. The Balaban J connectivity index is 1.33. The Morgan fingerprint density at radius 2 is 1.58 bits per heavy atom. The molecule has 1 saturated heterocycles. The van der Waals surface area contributed by atoms with Gasteiger partial charge in [0.15, 0.2) is 5.16 Å². The Bertz CT molecular complexity index is 1140. The van der Waals surface area contributed by atoms with Crippen molar-refractivity contribution in [1.29, 1.82) is 0 Å². The van der Waals surface area contributed by atoms with Gasteiger partial charge >= 0.3 is 0 Å². The van der Waals surface area contributed by atoms with Crippen LogP contribution in [0.1, 0.15) is 22.3 Å². The van der Waals surface area contributed by atoms with Crippen molar-refractivity contribution in [3.8, 4) is 0 Å². The fraction of sp³-hybridized carbons (Fsp3) is 0.346. The lowest BCUT2D eigenvalue weighted by Crippen LogP contribution is -2.47. The summed E-state index contributed by atoms with van der Waals surface area (Å²) in [6.45, 7) is 12.0. The number of carbonyl (C=O) groups is 1. The molecule has 0 radical (unpaired) electrons. The molecule has 0 atom stereocenters. The molecule has 0 unspecified atom stereocenters. The highest BCUT2D eigenvalue weighted by Crippen LogP contribution is 2.25. The van der Waals surface area contributed by atoms with E-state index >= 15 is 0 Å². The monoisotopic (exact) mass is 461 g/mol. The van der Waals surface area contributed by atoms with Gasteiger partial charge in [0, 0.05) is 43.8 Å². The maximum Gasteiger partial charge on any atom is 0.234 e. The summed E-state index contributed by atoms with van der Waals surface area (Å²) in [6, 6.07) is 14.6. The molecule has 0 bridgehead atoms. The van der Waals surface area contributed by atoms with Crippen molar-refractivity contribution in [2.45, 2.75) is 32.9 Å². The van der Waals surface area contributed by atoms with Crippen LogP contribution < -0.4 is 15.1 Å². The van der Waals surface area contributed by atoms with Gasteiger partial charge in [0.05, 0.1) is 5.75 Å². The van der Waals surface area contributed by atoms with Crippen molar-refractivity contribution in [3.63, 3.8) is 0 Å². The number of aromatic nitrogens is 2. The van der Waals surface area contributed by atoms with E-state index in [-0.39, 0.29) is 11.7 Å². The van der Waals surface area contributed by atoms with Crippen molar-refractivity contribution in [2.75, 3.05) is 47.0 Å². The molecule has 0 spiro atoms. The quantitative estimate of drug-likeness (QED) is 0.422. The molecule has 2 aromatic carbocycles. The highest BCUT2D eigenvalue weighted by Gasteiger charge is 2.20. The van der Waals surface area contributed by atoms with Gasteiger partial charge in [-0.05, 0) is 68.1 Å². The zero-order valence-electron chi connectivity index (χ0n) is 19.8. The third kappa shape index (κ3) is 5.85. The maximum atomic E-state index is 12.5. The molecule has 0 aliphatic carbocycles. The number of nitrogens with zero attached hydrogens (tertiary/aromatic N) is 4. The van der Waals surface area contributed by atoms with Crippen LogP contribution in [0, 0.1) is 27.7 Å². The lowest BCUT2D eigenvalue weighted by atomic mass is 10.1. The van der Waals surface area contributed by atoms with E-state index in [1.54, 1.807) is 6.20 Å². The fourth-order valence-corrected chi connectivity index (χ4v) is 4.63. The summed E-state index contributed by atoms with van der Waals surface area (Å²) in [5, 5.41) is 3.62. The van der Waals surface area contributed by atoms with E-state index in [2.05, 4.69) is 52.1 Å². The van der Waals surface area contributed by atoms with Gasteiger partial charge in [-0.15, -0.1) is 0 Å². The molecule has 33 heavy (non-hydrogen) atoms. The van der Waals surface area contributed by atoms with Gasteiger partial charge in [0.25, 0.3) is 0 Å². The standard InChI is InChI=1S/C26H31N5OS/c1-18-5-7-20(3)22(15-18)28-25(32)17-33-26-27-10-9-24(29-26)31-13-11-30(12-14-31)23-16-19(2)6-8-21(23)4/h5-10,15-16H,11-14,17H2,1-4H3,(H,28,32). The van der Waals surface area contributed by atoms with Crippen LogP contribution >= 0.6 is 11.8 Å². The molecule has 0 saturated carbocycles. The normalized spacial score (nSPS) is 13.8. The van der Waals surface area contributed by atoms with Gasteiger partial charge in [-0.3, -0.25) is 4.79 Å². The number of thioether (sulfide) groups is 1. The van der Waals surface area contributed by atoms with Crippen LogP contribution in [0.5, 0.6) is 0 Å². The highest BCUT2D eigenvalue weighted by molar-refractivity contribution is 7.99. The van der Waals surface area contributed by atoms with Crippen molar-refractivity contribution in [1.82, 2.24) is 9.97 Å². The van der Waals surface area contributed by atoms with Gasteiger partial charge in [-0.25, -0.2) is 9.97 Å². The summed E-state index contributed by atoms with van der Waals surface area (Å²) in [4.78, 5) is 26.3. The Hall–Kier alpha value is -3.06. The molecule has 1 amide bonds. The molecule has 1 aliphatic rings. The maximum absolute atomic E-state index is 12.5. The van der Waals surface area contributed by atoms with Crippen LogP contribution in [0.15, 0.2) is 53.8 Å². The lowest BCUT2D eigenvalue weighted by Gasteiger charge is -2.37. The number of nitrogens with one attached hydrogen (secondary N) is 1. The molecule has 7 heteroatoms. The summed E-state index contributed by atoms with van der Waals surface area (Å²) in [5.41, 5.74) is 6.96. The molecule has 1 N–H and O–H groups in total. The number of piperazine rings is 1. The van der Waals surface area contributed by atoms with E-state index in [4.69, 9.17) is 4.98 Å². The van der Waals surface area contributed by atoms with Crippen molar-refractivity contribution >= 4 is 34.9 Å². The summed E-state index contributed by atoms with van der Waals surface area (Å²) >= 11 is 1.37. The van der Waals surface area contributed by atoms with E-state index in [9.17, 15) is 4.79 Å². The molecule has 172 valence electrons. The van der Waals surface area contributed by atoms with Gasteiger partial charge in [-0.1, -0.05) is 36.0 Å². The van der Waals surface area contributed by atoms with Crippen molar-refractivity contribution in [2.24, 2.45) is 0 Å². The average molecular weight is 462 g/mol. The van der Waals surface area contributed by atoms with E-state index in [1.165, 1.54) is 28.6 Å². The molecule has 3 aromatic rings. The van der Waals surface area contributed by atoms with E-state index in [1.807, 2.05) is 38.1 Å². The van der Waals surface area contributed by atoms with Crippen LogP contribution in [0.4, 0.5) is 17.2 Å². The molecule has 6 nitrogen and oxygen atoms in total. The topological polar surface area (TPSA) is 61.4 Å². The molecule has 1 aliphatic heterocycles. The molecule has 1 aromatic heterocycles. The summed E-state index contributed by atoms with van der Waals surface area (Å²) < 4.78 is 0. The number of hydrogen-bond acceptors (Lipinski definition) is 6. The minimum absolute atomic E-state index is 0.0511. The predicted octanol–water partition coefficient (Wildman–Crippen LogP) is 4.77. The second-order valence-electron chi connectivity index (χ2n) is 8.62. The molecule has 4 rings (SSSR count).